The van der Waals surface area contributed by atoms with Crippen molar-refractivity contribution in [2.24, 2.45) is 0 Å². The summed E-state index contributed by atoms with van der Waals surface area (Å²) < 4.78 is 6.89. The second kappa shape index (κ2) is 7.70. The molecular weight excluding hydrogens is 394 g/mol. The zero-order valence-corrected chi connectivity index (χ0v) is 17.6. The topological polar surface area (TPSA) is 104 Å². The summed E-state index contributed by atoms with van der Waals surface area (Å²) in [5.74, 6) is 0.0985. The fourth-order valence-corrected chi connectivity index (χ4v) is 4.18. The van der Waals surface area contributed by atoms with Gasteiger partial charge in [-0.2, -0.15) is 0 Å². The van der Waals surface area contributed by atoms with Gasteiger partial charge in [0.2, 0.25) is 0 Å². The third-order valence-corrected chi connectivity index (χ3v) is 5.96. The Hall–Kier alpha value is -3.39. The van der Waals surface area contributed by atoms with Crippen LogP contribution in [0, 0.1) is 6.92 Å². The number of H-pyrrole nitrogens is 2. The average Bonchev–Trinajstić information content (AvgIpc) is 3.38. The van der Waals surface area contributed by atoms with Crippen LogP contribution in [0.5, 0.6) is 0 Å². The van der Waals surface area contributed by atoms with E-state index in [9.17, 15) is 9.59 Å². The summed E-state index contributed by atoms with van der Waals surface area (Å²) in [6.07, 6.45) is 1.84. The van der Waals surface area contributed by atoms with Crippen LogP contribution in [0.1, 0.15) is 59.2 Å². The number of hydrogen-bond donors (Lipinski definition) is 3. The zero-order chi connectivity index (χ0) is 21.5. The van der Waals surface area contributed by atoms with E-state index in [-0.39, 0.29) is 11.5 Å². The number of hydrogen-bond acceptors (Lipinski definition) is 4. The van der Waals surface area contributed by atoms with Crippen molar-refractivity contribution in [1.82, 2.24) is 24.9 Å². The van der Waals surface area contributed by atoms with Gasteiger partial charge < -0.3 is 15.0 Å². The van der Waals surface area contributed by atoms with Gasteiger partial charge in [0.1, 0.15) is 5.69 Å². The van der Waals surface area contributed by atoms with Crippen LogP contribution in [0.3, 0.4) is 0 Å². The molecular formula is C23H25N5O3. The number of benzene rings is 1. The molecule has 1 aliphatic heterocycles. The minimum Gasteiger partial charge on any atom is -0.381 e. The van der Waals surface area contributed by atoms with Gasteiger partial charge in [0.25, 0.3) is 11.5 Å². The molecule has 0 radical (unpaired) electrons. The quantitative estimate of drug-likeness (QED) is 0.472. The third kappa shape index (κ3) is 3.74. The normalized spacial score (nSPS) is 16.1. The molecule has 3 N–H and O–H groups in total. The second-order valence-electron chi connectivity index (χ2n) is 8.28. The van der Waals surface area contributed by atoms with E-state index in [1.807, 2.05) is 44.2 Å². The van der Waals surface area contributed by atoms with Crippen molar-refractivity contribution in [2.45, 2.75) is 38.6 Å². The molecule has 0 bridgehead atoms. The van der Waals surface area contributed by atoms with Gasteiger partial charge in [-0.1, -0.05) is 12.1 Å². The Kier molecular flexibility index (Phi) is 4.86. The summed E-state index contributed by atoms with van der Waals surface area (Å²) in [4.78, 5) is 33.2. The minimum absolute atomic E-state index is 0.194. The fourth-order valence-electron chi connectivity index (χ4n) is 4.18. The van der Waals surface area contributed by atoms with Crippen LogP contribution in [-0.2, 0) is 4.74 Å². The van der Waals surface area contributed by atoms with Gasteiger partial charge in [0, 0.05) is 47.9 Å². The van der Waals surface area contributed by atoms with Crippen LogP contribution < -0.4 is 10.9 Å². The van der Waals surface area contributed by atoms with Crippen molar-refractivity contribution in [1.29, 1.82) is 0 Å². The van der Waals surface area contributed by atoms with Crippen molar-refractivity contribution in [3.63, 3.8) is 0 Å². The molecule has 0 unspecified atom stereocenters. The largest absolute Gasteiger partial charge is 0.381 e. The Morgan fingerprint density at radius 1 is 1.23 bits per heavy atom. The summed E-state index contributed by atoms with van der Waals surface area (Å²) in [5, 5.41) is 7.10. The Morgan fingerprint density at radius 3 is 2.84 bits per heavy atom. The Bertz CT molecular complexity index is 1330. The van der Waals surface area contributed by atoms with Gasteiger partial charge in [0.15, 0.2) is 5.65 Å². The maximum absolute atomic E-state index is 12.8. The Balaban J connectivity index is 1.38. The van der Waals surface area contributed by atoms with Crippen molar-refractivity contribution in [2.75, 3.05) is 13.2 Å². The smallest absolute Gasteiger partial charge is 0.272 e. The molecule has 1 amide bonds. The molecule has 3 aromatic heterocycles. The summed E-state index contributed by atoms with van der Waals surface area (Å²) in [6.45, 7) is 5.29. The number of fused-ring (bicyclic) bond motifs is 2. The van der Waals surface area contributed by atoms with Crippen LogP contribution >= 0.6 is 0 Å². The molecule has 8 nitrogen and oxygen atoms in total. The summed E-state index contributed by atoms with van der Waals surface area (Å²) >= 11 is 0. The third-order valence-electron chi connectivity index (χ3n) is 5.96. The number of ether oxygens (including phenoxy) is 1. The fraction of sp³-hybridized carbons (Fsp3) is 0.348. The van der Waals surface area contributed by atoms with Gasteiger partial charge in [-0.25, -0.2) is 9.50 Å². The maximum Gasteiger partial charge on any atom is 0.272 e. The number of carbonyl (C=O) groups excluding carboxylic acids is 1. The molecule has 1 fully saturated rings. The van der Waals surface area contributed by atoms with Crippen LogP contribution in [0.25, 0.3) is 16.6 Å². The molecule has 8 heteroatoms. The van der Waals surface area contributed by atoms with Crippen LogP contribution in [-0.4, -0.2) is 38.7 Å². The van der Waals surface area contributed by atoms with Crippen molar-refractivity contribution >= 4 is 22.5 Å². The number of aryl methyl sites for hydroxylation is 1. The number of aromatic amines is 2. The van der Waals surface area contributed by atoms with E-state index in [1.165, 1.54) is 10.6 Å². The predicted octanol–water partition coefficient (Wildman–Crippen LogP) is 3.20. The van der Waals surface area contributed by atoms with E-state index in [1.54, 1.807) is 0 Å². The molecule has 1 aromatic carbocycles. The number of amides is 1. The molecule has 0 saturated carbocycles. The summed E-state index contributed by atoms with van der Waals surface area (Å²) in [5.41, 5.74) is 4.42. The summed E-state index contributed by atoms with van der Waals surface area (Å²) in [7, 11) is 0. The zero-order valence-electron chi connectivity index (χ0n) is 17.6. The molecule has 5 rings (SSSR count). The second-order valence-corrected chi connectivity index (χ2v) is 8.28. The SMILES string of the molecule is Cc1ccc2cc(C(=O)N[C@@H](C)c3cc(=O)n4[nH]c(C5CCOCC5)cc4n3)[nH]c2c1. The van der Waals surface area contributed by atoms with Gasteiger partial charge in [-0.15, -0.1) is 0 Å². The van der Waals surface area contributed by atoms with Gasteiger partial charge in [-0.3, -0.25) is 14.7 Å². The highest BCUT2D eigenvalue weighted by atomic mass is 16.5. The maximum atomic E-state index is 12.8. The van der Waals surface area contributed by atoms with E-state index in [2.05, 4.69) is 20.4 Å². The van der Waals surface area contributed by atoms with E-state index in [4.69, 9.17) is 4.74 Å². The first-order chi connectivity index (χ1) is 15.0. The highest BCUT2D eigenvalue weighted by Gasteiger charge is 2.20. The minimum atomic E-state index is -0.417. The lowest BCUT2D eigenvalue weighted by Gasteiger charge is -2.20. The molecule has 1 aliphatic rings. The predicted molar refractivity (Wildman–Crippen MR) is 118 cm³/mol. The highest BCUT2D eigenvalue weighted by molar-refractivity contribution is 5.98. The van der Waals surface area contributed by atoms with Gasteiger partial charge in [-0.05, 0) is 44.4 Å². The first-order valence-corrected chi connectivity index (χ1v) is 10.6. The Labute approximate surface area is 178 Å². The van der Waals surface area contributed by atoms with Gasteiger partial charge in [0.05, 0.1) is 11.7 Å². The van der Waals surface area contributed by atoms with Crippen LogP contribution in [0.4, 0.5) is 0 Å². The molecule has 4 aromatic rings. The highest BCUT2D eigenvalue weighted by Crippen LogP contribution is 2.26. The van der Waals surface area contributed by atoms with Crippen molar-refractivity contribution in [3.05, 3.63) is 69.4 Å². The average molecular weight is 419 g/mol. The molecule has 1 atom stereocenters. The molecule has 0 aliphatic carbocycles. The number of nitrogens with one attached hydrogen (secondary N) is 3. The number of rotatable bonds is 4. The molecule has 1 saturated heterocycles. The molecule has 4 heterocycles. The number of aromatic nitrogens is 4. The molecule has 160 valence electrons. The Morgan fingerprint density at radius 2 is 2.03 bits per heavy atom. The first-order valence-electron chi connectivity index (χ1n) is 10.6. The first kappa shape index (κ1) is 19.6. The molecule has 31 heavy (non-hydrogen) atoms. The molecule has 0 spiro atoms. The van der Waals surface area contributed by atoms with E-state index < -0.39 is 6.04 Å². The standard InChI is InChI=1S/C23H25N5O3/c1-13-3-4-16-10-20(25-18(16)9-13)23(30)24-14(2)17-12-22(29)28-21(26-17)11-19(27-28)15-5-7-31-8-6-15/h3-4,9-12,14-15,25,27H,5-8H2,1-2H3,(H,24,30)/t14-/m0/s1. The van der Waals surface area contributed by atoms with Crippen molar-refractivity contribution < 1.29 is 9.53 Å². The monoisotopic (exact) mass is 419 g/mol. The van der Waals surface area contributed by atoms with Gasteiger partial charge >= 0.3 is 0 Å². The number of carbonyl (C=O) groups is 1. The van der Waals surface area contributed by atoms with E-state index in [0.29, 0.717) is 23.0 Å². The lowest BCUT2D eigenvalue weighted by molar-refractivity contribution is 0.0844. The van der Waals surface area contributed by atoms with Crippen LogP contribution in [0.15, 0.2) is 41.2 Å². The van der Waals surface area contributed by atoms with Crippen LogP contribution in [0.2, 0.25) is 0 Å². The lowest BCUT2D eigenvalue weighted by atomic mass is 9.97. The number of nitrogens with zero attached hydrogens (tertiary/aromatic N) is 2. The van der Waals surface area contributed by atoms with E-state index in [0.717, 1.165) is 48.2 Å². The van der Waals surface area contributed by atoms with Crippen molar-refractivity contribution in [3.8, 4) is 0 Å². The van der Waals surface area contributed by atoms with E-state index >= 15 is 0 Å². The summed E-state index contributed by atoms with van der Waals surface area (Å²) in [6, 6.07) is 10.8. The lowest BCUT2D eigenvalue weighted by Crippen LogP contribution is -2.29.